The molecular weight excluding hydrogens is 483 g/mol. The summed E-state index contributed by atoms with van der Waals surface area (Å²) in [4.78, 5) is 11.2. The smallest absolute Gasteiger partial charge is 0.330 e. The topological polar surface area (TPSA) is 65.0 Å². The zero-order chi connectivity index (χ0) is 21.2. The van der Waals surface area contributed by atoms with Gasteiger partial charge in [0.15, 0.2) is 0 Å². The number of hydrogen-bond acceptors (Lipinski definition) is 5. The highest BCUT2D eigenvalue weighted by atomic mass is 127. The van der Waals surface area contributed by atoms with Gasteiger partial charge >= 0.3 is 5.97 Å². The van der Waals surface area contributed by atoms with Crippen LogP contribution in [0, 0.1) is 9.49 Å². The molecule has 0 amide bonds. The van der Waals surface area contributed by atoms with E-state index >= 15 is 0 Å². The van der Waals surface area contributed by atoms with E-state index in [0.29, 0.717) is 29.6 Å². The van der Waals surface area contributed by atoms with Crippen molar-refractivity contribution in [2.75, 3.05) is 13.7 Å². The van der Waals surface area contributed by atoms with Crippen LogP contribution < -0.4 is 9.47 Å². The molecule has 0 atom stereocenters. The molecule has 0 saturated carbocycles. The molecule has 0 aliphatic carbocycles. The van der Waals surface area contributed by atoms with Crippen LogP contribution in [0.3, 0.4) is 0 Å². The van der Waals surface area contributed by atoms with Gasteiger partial charge in [0.2, 0.25) is 0 Å². The molecule has 0 saturated heterocycles. The van der Waals surface area contributed by atoms with Crippen LogP contribution >= 0.6 is 22.6 Å². The van der Waals surface area contributed by atoms with Gasteiger partial charge in [-0.05, 0) is 58.2 Å². The van der Waals surface area contributed by atoms with Gasteiger partial charge in [0.05, 0.1) is 22.9 Å². The minimum Gasteiger partial charge on any atom is -0.488 e. The molecule has 1 N–H and O–H groups in total. The number of methoxy groups -OCH3 is 1. The molecular formula is C23H27IO5. The van der Waals surface area contributed by atoms with E-state index in [-0.39, 0.29) is 13.2 Å². The molecule has 0 heterocycles. The average molecular weight is 510 g/mol. The van der Waals surface area contributed by atoms with Gasteiger partial charge in [0.25, 0.3) is 0 Å². The molecule has 2 aromatic rings. The summed E-state index contributed by atoms with van der Waals surface area (Å²) < 4.78 is 17.5. The van der Waals surface area contributed by atoms with Gasteiger partial charge in [-0.2, -0.15) is 0 Å². The van der Waals surface area contributed by atoms with Crippen molar-refractivity contribution in [3.05, 3.63) is 68.8 Å². The second kappa shape index (κ2) is 11.8. The number of carbonyl (C=O) groups excluding carboxylic acids is 1. The first kappa shape index (κ1) is 23.2. The molecule has 2 aromatic carbocycles. The lowest BCUT2D eigenvalue weighted by Gasteiger charge is -2.21. The predicted octanol–water partition coefficient (Wildman–Crippen LogP) is 4.67. The van der Waals surface area contributed by atoms with Crippen molar-refractivity contribution in [1.82, 2.24) is 0 Å². The molecule has 0 spiro atoms. The zero-order valence-corrected chi connectivity index (χ0v) is 19.1. The molecule has 156 valence electrons. The summed E-state index contributed by atoms with van der Waals surface area (Å²) in [5, 5.41) is 10.1. The van der Waals surface area contributed by atoms with Gasteiger partial charge in [-0.1, -0.05) is 44.2 Å². The number of carbonyl (C=O) groups is 1. The standard InChI is InChI=1S/C23H27IO5/c1-16(2)12-18-13-20(24)23(28-11-7-10-21(26)27-3)19(14-25)22(18)29-15-17-8-5-4-6-9-17/h4-10,13,16,25H,11-12,14-15H2,1-3H3. The lowest BCUT2D eigenvalue weighted by molar-refractivity contribution is -0.134. The Hall–Kier alpha value is -2.06. The normalized spacial score (nSPS) is 11.1. The zero-order valence-electron chi connectivity index (χ0n) is 17.0. The second-order valence-electron chi connectivity index (χ2n) is 6.92. The third kappa shape index (κ3) is 7.04. The predicted molar refractivity (Wildman–Crippen MR) is 121 cm³/mol. The molecule has 5 nitrogen and oxygen atoms in total. The van der Waals surface area contributed by atoms with Crippen molar-refractivity contribution < 1.29 is 24.1 Å². The van der Waals surface area contributed by atoms with Crippen LogP contribution in [0.1, 0.15) is 30.5 Å². The summed E-state index contributed by atoms with van der Waals surface area (Å²) in [5.74, 6) is 1.23. The molecule has 0 aliphatic rings. The lowest BCUT2D eigenvalue weighted by atomic mass is 9.99. The summed E-state index contributed by atoms with van der Waals surface area (Å²) in [6, 6.07) is 11.9. The third-order valence-electron chi connectivity index (χ3n) is 4.15. The Morgan fingerprint density at radius 3 is 2.52 bits per heavy atom. The highest BCUT2D eigenvalue weighted by Crippen LogP contribution is 2.38. The average Bonchev–Trinajstić information content (AvgIpc) is 2.71. The van der Waals surface area contributed by atoms with Gasteiger partial charge in [0.1, 0.15) is 24.7 Å². The van der Waals surface area contributed by atoms with E-state index in [1.54, 1.807) is 6.08 Å². The van der Waals surface area contributed by atoms with Crippen LogP contribution in [0.25, 0.3) is 0 Å². The lowest BCUT2D eigenvalue weighted by Crippen LogP contribution is -2.09. The van der Waals surface area contributed by atoms with E-state index in [1.165, 1.54) is 13.2 Å². The van der Waals surface area contributed by atoms with Crippen LogP contribution in [0.2, 0.25) is 0 Å². The third-order valence-corrected chi connectivity index (χ3v) is 4.95. The number of rotatable bonds is 10. The van der Waals surface area contributed by atoms with Crippen LogP contribution in [0.15, 0.2) is 48.6 Å². The molecule has 2 rings (SSSR count). The Morgan fingerprint density at radius 1 is 1.17 bits per heavy atom. The highest BCUT2D eigenvalue weighted by Gasteiger charge is 2.20. The number of ether oxygens (including phenoxy) is 3. The fourth-order valence-electron chi connectivity index (χ4n) is 2.87. The monoisotopic (exact) mass is 510 g/mol. The molecule has 0 fully saturated rings. The van der Waals surface area contributed by atoms with Crippen molar-refractivity contribution in [3.63, 3.8) is 0 Å². The van der Waals surface area contributed by atoms with Gasteiger partial charge in [-0.15, -0.1) is 0 Å². The summed E-state index contributed by atoms with van der Waals surface area (Å²) in [5.41, 5.74) is 2.71. The van der Waals surface area contributed by atoms with Crippen molar-refractivity contribution in [1.29, 1.82) is 0 Å². The summed E-state index contributed by atoms with van der Waals surface area (Å²) in [7, 11) is 1.32. The Morgan fingerprint density at radius 2 is 1.90 bits per heavy atom. The minimum atomic E-state index is -0.440. The first-order valence-corrected chi connectivity index (χ1v) is 10.5. The maximum atomic E-state index is 11.2. The van der Waals surface area contributed by atoms with E-state index < -0.39 is 5.97 Å². The quantitative estimate of drug-likeness (QED) is 0.286. The van der Waals surface area contributed by atoms with Gasteiger partial charge in [0, 0.05) is 6.08 Å². The van der Waals surface area contributed by atoms with E-state index in [1.807, 2.05) is 36.4 Å². The fraction of sp³-hybridized carbons (Fsp3) is 0.348. The minimum absolute atomic E-state index is 0.180. The van der Waals surface area contributed by atoms with Crippen LogP contribution in [0.4, 0.5) is 0 Å². The maximum absolute atomic E-state index is 11.2. The summed E-state index contributed by atoms with van der Waals surface area (Å²) >= 11 is 2.20. The molecule has 0 aliphatic heterocycles. The van der Waals surface area contributed by atoms with Crippen molar-refractivity contribution in [2.24, 2.45) is 5.92 Å². The number of aliphatic hydroxyl groups is 1. The fourth-order valence-corrected chi connectivity index (χ4v) is 3.73. The van der Waals surface area contributed by atoms with E-state index in [0.717, 1.165) is 21.1 Å². The van der Waals surface area contributed by atoms with Crippen molar-refractivity contribution in [2.45, 2.75) is 33.5 Å². The Bertz CT molecular complexity index is 831. The highest BCUT2D eigenvalue weighted by molar-refractivity contribution is 14.1. The van der Waals surface area contributed by atoms with E-state index in [9.17, 15) is 9.90 Å². The van der Waals surface area contributed by atoms with Crippen LogP contribution in [0.5, 0.6) is 11.5 Å². The van der Waals surface area contributed by atoms with Crippen LogP contribution in [-0.4, -0.2) is 24.8 Å². The number of esters is 1. The molecule has 29 heavy (non-hydrogen) atoms. The summed E-state index contributed by atoms with van der Waals surface area (Å²) in [6.07, 6.45) is 3.72. The first-order valence-electron chi connectivity index (χ1n) is 9.45. The number of aliphatic hydroxyl groups excluding tert-OH is 1. The van der Waals surface area contributed by atoms with Gasteiger partial charge < -0.3 is 19.3 Å². The molecule has 6 heteroatoms. The Kier molecular flexibility index (Phi) is 9.47. The summed E-state index contributed by atoms with van der Waals surface area (Å²) in [6.45, 7) is 4.67. The molecule has 0 unspecified atom stereocenters. The Labute approximate surface area is 185 Å². The number of hydrogen-bond donors (Lipinski definition) is 1. The number of benzene rings is 2. The van der Waals surface area contributed by atoms with Crippen molar-refractivity contribution in [3.8, 4) is 11.5 Å². The molecule has 0 radical (unpaired) electrons. The van der Waals surface area contributed by atoms with E-state index in [2.05, 4.69) is 41.2 Å². The molecule has 0 aromatic heterocycles. The SMILES string of the molecule is COC(=O)C=CCOc1c(I)cc(CC(C)C)c(OCc2ccccc2)c1CO. The maximum Gasteiger partial charge on any atom is 0.330 e. The second-order valence-corrected chi connectivity index (χ2v) is 8.08. The largest absolute Gasteiger partial charge is 0.488 e. The first-order chi connectivity index (χ1) is 14.0. The van der Waals surface area contributed by atoms with Crippen LogP contribution in [-0.2, 0) is 29.2 Å². The molecule has 0 bridgehead atoms. The Balaban J connectivity index is 2.32. The van der Waals surface area contributed by atoms with E-state index in [4.69, 9.17) is 9.47 Å². The number of halogens is 1. The van der Waals surface area contributed by atoms with Crippen molar-refractivity contribution >= 4 is 28.6 Å². The van der Waals surface area contributed by atoms with Gasteiger partial charge in [-0.25, -0.2) is 4.79 Å². The van der Waals surface area contributed by atoms with Gasteiger partial charge in [-0.3, -0.25) is 0 Å².